The van der Waals surface area contributed by atoms with Crippen molar-refractivity contribution in [3.8, 4) is 0 Å². The Morgan fingerprint density at radius 2 is 1.81 bits per heavy atom. The van der Waals surface area contributed by atoms with Gasteiger partial charge < -0.3 is 15.1 Å². The number of aliphatic carboxylic acids is 2. The molecule has 6 nitrogen and oxygen atoms in total. The Hall–Kier alpha value is -2.89. The van der Waals surface area contributed by atoms with Gasteiger partial charge in [0.15, 0.2) is 0 Å². The number of nitrogens with zero attached hydrogens (tertiary/aromatic N) is 1. The van der Waals surface area contributed by atoms with E-state index in [0.717, 1.165) is 16.3 Å². The number of likely N-dealkylation sites (tertiary alicyclic amines) is 1. The van der Waals surface area contributed by atoms with E-state index in [9.17, 15) is 19.5 Å². The van der Waals surface area contributed by atoms with Gasteiger partial charge in [-0.1, -0.05) is 42.5 Å². The molecule has 26 heavy (non-hydrogen) atoms. The lowest BCUT2D eigenvalue weighted by molar-refractivity contribution is -0.148. The normalized spacial score (nSPS) is 20.9. The lowest BCUT2D eigenvalue weighted by Crippen LogP contribution is -2.42. The number of amides is 1. The molecular weight excluding hydrogens is 334 g/mol. The molecule has 2 N–H and O–H groups in total. The predicted molar refractivity (Wildman–Crippen MR) is 95.9 cm³/mol. The minimum absolute atomic E-state index is 0.129. The number of hydrogen-bond donors (Lipinski definition) is 2. The van der Waals surface area contributed by atoms with Gasteiger partial charge in [0.1, 0.15) is 6.04 Å². The lowest BCUT2D eigenvalue weighted by Gasteiger charge is -2.26. The first kappa shape index (κ1) is 17.9. The summed E-state index contributed by atoms with van der Waals surface area (Å²) in [7, 11) is 0. The average Bonchev–Trinajstić information content (AvgIpc) is 3.03. The van der Waals surface area contributed by atoms with Crippen molar-refractivity contribution >= 4 is 28.6 Å². The Morgan fingerprint density at radius 1 is 1.12 bits per heavy atom. The van der Waals surface area contributed by atoms with Gasteiger partial charge in [-0.2, -0.15) is 0 Å². The highest BCUT2D eigenvalue weighted by molar-refractivity contribution is 5.94. The van der Waals surface area contributed by atoms with E-state index in [0.29, 0.717) is 0 Å². The van der Waals surface area contributed by atoms with Crippen LogP contribution in [0.3, 0.4) is 0 Å². The molecule has 136 valence electrons. The predicted octanol–water partition coefficient (Wildman–Crippen LogP) is 2.72. The third-order valence-corrected chi connectivity index (χ3v) is 5.08. The molecular formula is C20H21NO5. The fraction of sp³-hybridized carbons (Fsp3) is 0.350. The van der Waals surface area contributed by atoms with Crippen molar-refractivity contribution in [1.29, 1.82) is 0 Å². The fourth-order valence-electron chi connectivity index (χ4n) is 3.81. The van der Waals surface area contributed by atoms with Crippen LogP contribution >= 0.6 is 0 Å². The van der Waals surface area contributed by atoms with E-state index in [1.54, 1.807) is 6.92 Å². The number of rotatable bonds is 5. The summed E-state index contributed by atoms with van der Waals surface area (Å²) in [6.07, 6.45) is 0.0475. The Labute approximate surface area is 151 Å². The van der Waals surface area contributed by atoms with Gasteiger partial charge in [-0.15, -0.1) is 0 Å². The van der Waals surface area contributed by atoms with Crippen LogP contribution in [0.2, 0.25) is 0 Å². The van der Waals surface area contributed by atoms with Gasteiger partial charge in [-0.3, -0.25) is 9.59 Å². The molecule has 1 aliphatic heterocycles. The summed E-state index contributed by atoms with van der Waals surface area (Å²) in [4.78, 5) is 36.9. The largest absolute Gasteiger partial charge is 0.481 e. The summed E-state index contributed by atoms with van der Waals surface area (Å²) in [5.74, 6) is -3.18. The smallest absolute Gasteiger partial charge is 0.326 e. The number of hydrogen-bond acceptors (Lipinski definition) is 3. The summed E-state index contributed by atoms with van der Waals surface area (Å²) in [6, 6.07) is 12.5. The van der Waals surface area contributed by atoms with E-state index in [2.05, 4.69) is 0 Å². The van der Waals surface area contributed by atoms with Crippen LogP contribution in [0.5, 0.6) is 0 Å². The van der Waals surface area contributed by atoms with Crippen LogP contribution in [0.25, 0.3) is 10.8 Å². The van der Waals surface area contributed by atoms with Gasteiger partial charge in [-0.05, 0) is 35.6 Å². The molecule has 0 aromatic heterocycles. The number of fused-ring (bicyclic) bond motifs is 1. The molecule has 3 atom stereocenters. The summed E-state index contributed by atoms with van der Waals surface area (Å²) < 4.78 is 0. The Balaban J connectivity index is 1.89. The van der Waals surface area contributed by atoms with Gasteiger partial charge in [0.2, 0.25) is 5.91 Å². The molecule has 0 saturated carbocycles. The van der Waals surface area contributed by atoms with E-state index >= 15 is 0 Å². The van der Waals surface area contributed by atoms with Crippen molar-refractivity contribution < 1.29 is 24.6 Å². The first-order valence-corrected chi connectivity index (χ1v) is 8.61. The fourth-order valence-corrected chi connectivity index (χ4v) is 3.81. The highest BCUT2D eigenvalue weighted by Crippen LogP contribution is 2.32. The minimum Gasteiger partial charge on any atom is -0.481 e. The molecule has 2 aromatic rings. The van der Waals surface area contributed by atoms with Crippen molar-refractivity contribution in [3.05, 3.63) is 48.0 Å². The van der Waals surface area contributed by atoms with E-state index in [1.165, 1.54) is 4.90 Å². The number of carbonyl (C=O) groups excluding carboxylic acids is 1. The van der Waals surface area contributed by atoms with Crippen molar-refractivity contribution in [2.45, 2.75) is 31.7 Å². The molecule has 1 heterocycles. The molecule has 1 saturated heterocycles. The Kier molecular flexibility index (Phi) is 4.93. The zero-order valence-corrected chi connectivity index (χ0v) is 14.5. The summed E-state index contributed by atoms with van der Waals surface area (Å²) >= 11 is 0. The molecule has 0 bridgehead atoms. The van der Waals surface area contributed by atoms with Crippen LogP contribution in [-0.2, 0) is 14.4 Å². The van der Waals surface area contributed by atoms with Crippen LogP contribution in [0.4, 0.5) is 0 Å². The maximum Gasteiger partial charge on any atom is 0.326 e. The van der Waals surface area contributed by atoms with E-state index in [1.807, 2.05) is 42.5 Å². The van der Waals surface area contributed by atoms with Crippen LogP contribution in [0, 0.1) is 5.92 Å². The highest BCUT2D eigenvalue weighted by Gasteiger charge is 2.41. The van der Waals surface area contributed by atoms with Crippen LogP contribution < -0.4 is 0 Å². The number of carboxylic acids is 2. The van der Waals surface area contributed by atoms with Crippen molar-refractivity contribution in [1.82, 2.24) is 4.90 Å². The van der Waals surface area contributed by atoms with Gasteiger partial charge in [0, 0.05) is 13.0 Å². The third kappa shape index (κ3) is 3.40. The van der Waals surface area contributed by atoms with Gasteiger partial charge >= 0.3 is 11.9 Å². The van der Waals surface area contributed by atoms with Crippen molar-refractivity contribution in [2.75, 3.05) is 6.54 Å². The van der Waals surface area contributed by atoms with Gasteiger partial charge in [-0.25, -0.2) is 4.79 Å². The number of carbonyl (C=O) groups is 3. The summed E-state index contributed by atoms with van der Waals surface area (Å²) in [5, 5.41) is 20.4. The first-order valence-electron chi connectivity index (χ1n) is 8.61. The molecule has 1 aliphatic rings. The molecule has 0 spiro atoms. The maximum atomic E-state index is 13.1. The average molecular weight is 355 g/mol. The van der Waals surface area contributed by atoms with E-state index < -0.39 is 23.9 Å². The van der Waals surface area contributed by atoms with Crippen LogP contribution in [0.15, 0.2) is 42.5 Å². The molecule has 0 aliphatic carbocycles. The topological polar surface area (TPSA) is 94.9 Å². The minimum atomic E-state index is -1.09. The van der Waals surface area contributed by atoms with Crippen molar-refractivity contribution in [3.63, 3.8) is 0 Å². The van der Waals surface area contributed by atoms with Crippen LogP contribution in [-0.4, -0.2) is 45.5 Å². The monoisotopic (exact) mass is 355 g/mol. The molecule has 1 amide bonds. The van der Waals surface area contributed by atoms with Crippen LogP contribution in [0.1, 0.15) is 31.2 Å². The molecule has 3 rings (SSSR count). The first-order chi connectivity index (χ1) is 12.4. The third-order valence-electron chi connectivity index (χ3n) is 5.08. The Bertz CT molecular complexity index is 857. The quantitative estimate of drug-likeness (QED) is 0.860. The van der Waals surface area contributed by atoms with E-state index in [-0.39, 0.29) is 31.2 Å². The summed E-state index contributed by atoms with van der Waals surface area (Å²) in [5.41, 5.74) is 0.846. The summed E-state index contributed by atoms with van der Waals surface area (Å²) in [6.45, 7) is 1.94. The second-order valence-corrected chi connectivity index (χ2v) is 6.83. The zero-order valence-electron chi connectivity index (χ0n) is 14.5. The second-order valence-electron chi connectivity index (χ2n) is 6.83. The van der Waals surface area contributed by atoms with E-state index in [4.69, 9.17) is 5.11 Å². The lowest BCUT2D eigenvalue weighted by atomic mass is 9.93. The highest BCUT2D eigenvalue weighted by atomic mass is 16.4. The molecule has 1 unspecified atom stereocenters. The Morgan fingerprint density at radius 3 is 2.50 bits per heavy atom. The molecule has 6 heteroatoms. The van der Waals surface area contributed by atoms with Gasteiger partial charge in [0.25, 0.3) is 0 Å². The zero-order chi connectivity index (χ0) is 18.8. The standard InChI is InChI=1S/C20H21NO5/c1-12(15-8-4-6-14-5-2-3-7-16(14)15)19(24)21-11-13(10-18(22)23)9-17(21)20(25)26/h2-8,12-13,17H,9-11H2,1H3,(H,22,23)(H,25,26)/t12?,13-,17+/m1/s1. The SMILES string of the molecule is CC(C(=O)N1C[C@@H](CC(=O)O)C[C@H]1C(=O)O)c1cccc2ccccc12. The second kappa shape index (κ2) is 7.15. The molecule has 1 fully saturated rings. The number of carboxylic acid groups (broad SMARTS) is 2. The van der Waals surface area contributed by atoms with Crippen molar-refractivity contribution in [2.24, 2.45) is 5.92 Å². The molecule has 0 radical (unpaired) electrons. The number of benzene rings is 2. The maximum absolute atomic E-state index is 13.1. The van der Waals surface area contributed by atoms with Gasteiger partial charge in [0.05, 0.1) is 5.92 Å². The molecule has 2 aromatic carbocycles.